The van der Waals surface area contributed by atoms with Gasteiger partial charge in [-0.2, -0.15) is 0 Å². The summed E-state index contributed by atoms with van der Waals surface area (Å²) in [5.74, 6) is 0.887. The second kappa shape index (κ2) is 7.81. The van der Waals surface area contributed by atoms with Gasteiger partial charge >= 0.3 is 0 Å². The van der Waals surface area contributed by atoms with Gasteiger partial charge in [-0.3, -0.25) is 4.90 Å². The summed E-state index contributed by atoms with van der Waals surface area (Å²) >= 11 is 0. The molecule has 1 aromatic rings. The number of hydrogen-bond acceptors (Lipinski definition) is 3. The highest BCUT2D eigenvalue weighted by Gasteiger charge is 2.27. The lowest BCUT2D eigenvalue weighted by molar-refractivity contribution is 0.104. The van der Waals surface area contributed by atoms with Crippen LogP contribution in [0.2, 0.25) is 0 Å². The van der Waals surface area contributed by atoms with Gasteiger partial charge in [0.15, 0.2) is 0 Å². The van der Waals surface area contributed by atoms with Crippen molar-refractivity contribution in [2.24, 2.45) is 5.73 Å². The summed E-state index contributed by atoms with van der Waals surface area (Å²) in [6.07, 6.45) is 6.78. The fourth-order valence-electron chi connectivity index (χ4n) is 3.60. The monoisotopic (exact) mass is 290 g/mol. The number of ether oxygens (including phenoxy) is 1. The Morgan fingerprint density at radius 2 is 1.81 bits per heavy atom. The molecule has 1 aromatic carbocycles. The van der Waals surface area contributed by atoms with Crippen LogP contribution in [0.3, 0.4) is 0 Å². The SMILES string of the molecule is CCN(C1CCCCC1)C(C)C(N)c1ccc(OC)cc1. The number of rotatable bonds is 6. The van der Waals surface area contributed by atoms with E-state index < -0.39 is 0 Å². The van der Waals surface area contributed by atoms with Crippen LogP contribution in [-0.4, -0.2) is 30.6 Å². The standard InChI is InChI=1S/C18H30N2O/c1-4-20(16-8-6-5-7-9-16)14(2)18(19)15-10-12-17(21-3)13-11-15/h10-14,16,18H,4-9,19H2,1-3H3. The van der Waals surface area contributed by atoms with Crippen LogP contribution in [0.1, 0.15) is 57.6 Å². The van der Waals surface area contributed by atoms with Gasteiger partial charge in [0.2, 0.25) is 0 Å². The quantitative estimate of drug-likeness (QED) is 0.867. The van der Waals surface area contributed by atoms with Crippen LogP contribution in [0.25, 0.3) is 0 Å². The molecule has 1 fully saturated rings. The van der Waals surface area contributed by atoms with E-state index in [1.807, 2.05) is 12.1 Å². The van der Waals surface area contributed by atoms with E-state index in [1.54, 1.807) is 7.11 Å². The van der Waals surface area contributed by atoms with Gasteiger partial charge in [0.05, 0.1) is 7.11 Å². The highest BCUT2D eigenvalue weighted by molar-refractivity contribution is 5.29. The molecular formula is C18H30N2O. The number of likely N-dealkylation sites (N-methyl/N-ethyl adjacent to an activating group) is 1. The Bertz CT molecular complexity index is 412. The third-order valence-electron chi connectivity index (χ3n) is 4.95. The van der Waals surface area contributed by atoms with Crippen molar-refractivity contribution in [1.29, 1.82) is 0 Å². The number of hydrogen-bond donors (Lipinski definition) is 1. The average molecular weight is 290 g/mol. The van der Waals surface area contributed by atoms with E-state index in [9.17, 15) is 0 Å². The third kappa shape index (κ3) is 3.98. The van der Waals surface area contributed by atoms with E-state index in [-0.39, 0.29) is 6.04 Å². The summed E-state index contributed by atoms with van der Waals surface area (Å²) in [6, 6.07) is 9.31. The molecule has 2 unspecified atom stereocenters. The van der Waals surface area contributed by atoms with Gasteiger partial charge in [-0.25, -0.2) is 0 Å². The summed E-state index contributed by atoms with van der Waals surface area (Å²) in [6.45, 7) is 5.61. The molecular weight excluding hydrogens is 260 g/mol. The molecule has 21 heavy (non-hydrogen) atoms. The summed E-state index contributed by atoms with van der Waals surface area (Å²) in [5, 5.41) is 0. The highest BCUT2D eigenvalue weighted by Crippen LogP contribution is 2.28. The summed E-state index contributed by atoms with van der Waals surface area (Å²) in [7, 11) is 1.69. The van der Waals surface area contributed by atoms with Crippen molar-refractivity contribution >= 4 is 0 Å². The zero-order chi connectivity index (χ0) is 15.2. The van der Waals surface area contributed by atoms with Gasteiger partial charge < -0.3 is 10.5 Å². The molecule has 118 valence electrons. The van der Waals surface area contributed by atoms with Crippen LogP contribution in [0.4, 0.5) is 0 Å². The minimum atomic E-state index is 0.0535. The first-order chi connectivity index (χ1) is 10.2. The smallest absolute Gasteiger partial charge is 0.118 e. The number of nitrogens with two attached hydrogens (primary N) is 1. The molecule has 0 amide bonds. The average Bonchev–Trinajstić information content (AvgIpc) is 2.56. The Balaban J connectivity index is 2.05. The molecule has 3 heteroatoms. The number of benzene rings is 1. The maximum atomic E-state index is 6.53. The molecule has 0 bridgehead atoms. The lowest BCUT2D eigenvalue weighted by atomic mass is 9.91. The second-order valence-electron chi connectivity index (χ2n) is 6.16. The normalized spacial score (nSPS) is 19.5. The Kier molecular flexibility index (Phi) is 6.07. The maximum Gasteiger partial charge on any atom is 0.118 e. The molecule has 1 aliphatic rings. The van der Waals surface area contributed by atoms with Gasteiger partial charge in [-0.05, 0) is 44.0 Å². The molecule has 0 spiro atoms. The summed E-state index contributed by atoms with van der Waals surface area (Å²) in [5.41, 5.74) is 7.72. The molecule has 0 heterocycles. The van der Waals surface area contributed by atoms with Crippen LogP contribution in [0.5, 0.6) is 5.75 Å². The van der Waals surface area contributed by atoms with E-state index in [0.717, 1.165) is 12.3 Å². The first-order valence-electron chi connectivity index (χ1n) is 8.32. The fraction of sp³-hybridized carbons (Fsp3) is 0.667. The Labute approximate surface area is 129 Å². The van der Waals surface area contributed by atoms with Crippen molar-refractivity contribution in [3.63, 3.8) is 0 Å². The van der Waals surface area contributed by atoms with Crippen LogP contribution in [0.15, 0.2) is 24.3 Å². The summed E-state index contributed by atoms with van der Waals surface area (Å²) < 4.78 is 5.22. The molecule has 3 nitrogen and oxygen atoms in total. The van der Waals surface area contributed by atoms with Crippen molar-refractivity contribution < 1.29 is 4.74 Å². The van der Waals surface area contributed by atoms with Crippen molar-refractivity contribution in [2.45, 2.75) is 64.1 Å². The zero-order valence-corrected chi connectivity index (χ0v) is 13.7. The molecule has 0 radical (unpaired) electrons. The van der Waals surface area contributed by atoms with Crippen molar-refractivity contribution in [3.8, 4) is 5.75 Å². The predicted molar refractivity (Wildman–Crippen MR) is 88.6 cm³/mol. The number of nitrogens with zero attached hydrogens (tertiary/aromatic N) is 1. The van der Waals surface area contributed by atoms with E-state index in [0.29, 0.717) is 12.1 Å². The molecule has 2 rings (SSSR count). The van der Waals surface area contributed by atoms with E-state index >= 15 is 0 Å². The van der Waals surface area contributed by atoms with Crippen molar-refractivity contribution in [3.05, 3.63) is 29.8 Å². The molecule has 0 saturated heterocycles. The van der Waals surface area contributed by atoms with E-state index in [1.165, 1.54) is 37.7 Å². The van der Waals surface area contributed by atoms with Gasteiger partial charge in [0.25, 0.3) is 0 Å². The van der Waals surface area contributed by atoms with Crippen LogP contribution in [0, 0.1) is 0 Å². The fourth-order valence-corrected chi connectivity index (χ4v) is 3.60. The minimum Gasteiger partial charge on any atom is -0.497 e. The molecule has 2 N–H and O–H groups in total. The summed E-state index contributed by atoms with van der Waals surface area (Å²) in [4.78, 5) is 2.61. The van der Waals surface area contributed by atoms with Gasteiger partial charge in [-0.1, -0.05) is 38.3 Å². The van der Waals surface area contributed by atoms with Gasteiger partial charge in [0.1, 0.15) is 5.75 Å². The largest absolute Gasteiger partial charge is 0.497 e. The predicted octanol–water partition coefficient (Wildman–Crippen LogP) is 3.74. The third-order valence-corrected chi connectivity index (χ3v) is 4.95. The zero-order valence-electron chi connectivity index (χ0n) is 13.7. The maximum absolute atomic E-state index is 6.53. The minimum absolute atomic E-state index is 0.0535. The highest BCUT2D eigenvalue weighted by atomic mass is 16.5. The first kappa shape index (κ1) is 16.3. The van der Waals surface area contributed by atoms with Crippen LogP contribution >= 0.6 is 0 Å². The lowest BCUT2D eigenvalue weighted by Gasteiger charge is -2.40. The van der Waals surface area contributed by atoms with Crippen molar-refractivity contribution in [1.82, 2.24) is 4.90 Å². The first-order valence-corrected chi connectivity index (χ1v) is 8.32. The molecule has 1 aliphatic carbocycles. The Morgan fingerprint density at radius 3 is 2.33 bits per heavy atom. The molecule has 0 aliphatic heterocycles. The molecule has 1 saturated carbocycles. The van der Waals surface area contributed by atoms with Crippen LogP contribution in [-0.2, 0) is 0 Å². The van der Waals surface area contributed by atoms with Gasteiger partial charge in [0, 0.05) is 18.1 Å². The number of methoxy groups -OCH3 is 1. The molecule has 0 aromatic heterocycles. The Morgan fingerprint density at radius 1 is 1.19 bits per heavy atom. The van der Waals surface area contributed by atoms with Crippen molar-refractivity contribution in [2.75, 3.05) is 13.7 Å². The topological polar surface area (TPSA) is 38.5 Å². The second-order valence-corrected chi connectivity index (χ2v) is 6.16. The lowest BCUT2D eigenvalue weighted by Crippen LogP contribution is -2.47. The van der Waals surface area contributed by atoms with E-state index in [2.05, 4.69) is 30.9 Å². The Hall–Kier alpha value is -1.06. The molecule has 2 atom stereocenters. The van der Waals surface area contributed by atoms with E-state index in [4.69, 9.17) is 10.5 Å². The van der Waals surface area contributed by atoms with Gasteiger partial charge in [-0.15, -0.1) is 0 Å². The van der Waals surface area contributed by atoms with Crippen LogP contribution < -0.4 is 10.5 Å².